The number of aryl methyl sites for hydroxylation is 1. The topological polar surface area (TPSA) is 26.0 Å². The molecule has 2 heteroatoms. The Morgan fingerprint density at radius 2 is 2.12 bits per heavy atom. The highest BCUT2D eigenvalue weighted by Crippen LogP contribution is 2.39. The lowest BCUT2D eigenvalue weighted by Crippen LogP contribution is -2.24. The van der Waals surface area contributed by atoms with Crippen LogP contribution in [0.3, 0.4) is 0 Å². The lowest BCUT2D eigenvalue weighted by atomic mass is 9.85. The largest absolute Gasteiger partial charge is 0.324 e. The van der Waals surface area contributed by atoms with Crippen LogP contribution >= 0.6 is 0 Å². The second-order valence-corrected chi connectivity index (χ2v) is 5.10. The molecule has 1 aliphatic carbocycles. The standard InChI is InChI=1S/C14H20FN/c1-9-4-3-5-12(9)14(16)13-8-11(15)7-6-10(13)2/h6-9,12,14H,3-5,16H2,1-2H3. The Bertz CT molecular complexity index is 375. The van der Waals surface area contributed by atoms with Gasteiger partial charge in [-0.05, 0) is 48.4 Å². The van der Waals surface area contributed by atoms with E-state index in [1.165, 1.54) is 25.3 Å². The minimum atomic E-state index is -0.179. The van der Waals surface area contributed by atoms with Crippen LogP contribution < -0.4 is 5.73 Å². The van der Waals surface area contributed by atoms with Crippen molar-refractivity contribution in [2.45, 2.75) is 39.2 Å². The lowest BCUT2D eigenvalue weighted by Gasteiger charge is -2.25. The number of halogens is 1. The van der Waals surface area contributed by atoms with Gasteiger partial charge in [-0.15, -0.1) is 0 Å². The Labute approximate surface area is 96.9 Å². The average Bonchev–Trinajstić information content (AvgIpc) is 2.67. The van der Waals surface area contributed by atoms with Crippen LogP contribution in [-0.4, -0.2) is 0 Å². The summed E-state index contributed by atoms with van der Waals surface area (Å²) < 4.78 is 13.2. The molecule has 16 heavy (non-hydrogen) atoms. The fraction of sp³-hybridized carbons (Fsp3) is 0.571. The van der Waals surface area contributed by atoms with Crippen molar-refractivity contribution in [3.8, 4) is 0 Å². The Balaban J connectivity index is 2.25. The van der Waals surface area contributed by atoms with Crippen LogP contribution in [0, 0.1) is 24.6 Å². The molecule has 1 aromatic rings. The number of nitrogens with two attached hydrogens (primary N) is 1. The summed E-state index contributed by atoms with van der Waals surface area (Å²) in [5.41, 5.74) is 8.38. The summed E-state index contributed by atoms with van der Waals surface area (Å²) in [5, 5.41) is 0. The van der Waals surface area contributed by atoms with Crippen molar-refractivity contribution in [3.05, 3.63) is 35.1 Å². The van der Waals surface area contributed by atoms with Crippen LogP contribution in [0.4, 0.5) is 4.39 Å². The van der Waals surface area contributed by atoms with E-state index >= 15 is 0 Å². The molecule has 1 aromatic carbocycles. The molecule has 0 heterocycles. The summed E-state index contributed by atoms with van der Waals surface area (Å²) in [6, 6.07) is 4.92. The van der Waals surface area contributed by atoms with Gasteiger partial charge in [-0.25, -0.2) is 4.39 Å². The maximum Gasteiger partial charge on any atom is 0.123 e. The molecule has 1 aliphatic rings. The minimum Gasteiger partial charge on any atom is -0.324 e. The highest BCUT2D eigenvalue weighted by Gasteiger charge is 2.30. The predicted octanol–water partition coefficient (Wildman–Crippen LogP) is 3.57. The number of rotatable bonds is 2. The van der Waals surface area contributed by atoms with Crippen LogP contribution in [0.5, 0.6) is 0 Å². The van der Waals surface area contributed by atoms with Crippen LogP contribution in [-0.2, 0) is 0 Å². The zero-order valence-electron chi connectivity index (χ0n) is 10.0. The zero-order valence-corrected chi connectivity index (χ0v) is 10.0. The van der Waals surface area contributed by atoms with Crippen LogP contribution in [0.2, 0.25) is 0 Å². The van der Waals surface area contributed by atoms with Crippen molar-refractivity contribution < 1.29 is 4.39 Å². The Hall–Kier alpha value is -0.890. The van der Waals surface area contributed by atoms with E-state index in [4.69, 9.17) is 5.73 Å². The Morgan fingerprint density at radius 3 is 2.75 bits per heavy atom. The monoisotopic (exact) mass is 221 g/mol. The summed E-state index contributed by atoms with van der Waals surface area (Å²) in [5.74, 6) is 1.000. The first-order valence-electron chi connectivity index (χ1n) is 6.11. The van der Waals surface area contributed by atoms with E-state index in [0.29, 0.717) is 11.8 Å². The molecule has 1 nitrogen and oxygen atoms in total. The van der Waals surface area contributed by atoms with E-state index in [0.717, 1.165) is 11.1 Å². The fourth-order valence-electron chi connectivity index (χ4n) is 2.91. The highest BCUT2D eigenvalue weighted by molar-refractivity contribution is 5.30. The van der Waals surface area contributed by atoms with Crippen molar-refractivity contribution in [1.29, 1.82) is 0 Å². The Kier molecular flexibility index (Phi) is 3.29. The van der Waals surface area contributed by atoms with E-state index in [1.807, 2.05) is 13.0 Å². The second kappa shape index (κ2) is 4.54. The third-order valence-corrected chi connectivity index (χ3v) is 3.99. The summed E-state index contributed by atoms with van der Waals surface area (Å²) in [6.45, 7) is 4.26. The first-order valence-corrected chi connectivity index (χ1v) is 6.11. The Morgan fingerprint density at radius 1 is 1.38 bits per heavy atom. The van der Waals surface area contributed by atoms with Gasteiger partial charge in [0, 0.05) is 6.04 Å². The van der Waals surface area contributed by atoms with Crippen molar-refractivity contribution in [2.24, 2.45) is 17.6 Å². The second-order valence-electron chi connectivity index (χ2n) is 5.10. The summed E-state index contributed by atoms with van der Waals surface area (Å²) in [6.07, 6.45) is 3.69. The van der Waals surface area contributed by atoms with E-state index in [2.05, 4.69) is 6.92 Å². The molecule has 3 unspecified atom stereocenters. The molecule has 1 fully saturated rings. The van der Waals surface area contributed by atoms with E-state index in [1.54, 1.807) is 6.07 Å². The molecule has 2 N–H and O–H groups in total. The molecule has 0 amide bonds. The molecular formula is C14H20FN. The van der Waals surface area contributed by atoms with Crippen LogP contribution in [0.15, 0.2) is 18.2 Å². The molecule has 0 aromatic heterocycles. The average molecular weight is 221 g/mol. The van der Waals surface area contributed by atoms with Crippen molar-refractivity contribution in [3.63, 3.8) is 0 Å². The lowest BCUT2D eigenvalue weighted by molar-refractivity contribution is 0.349. The third-order valence-electron chi connectivity index (χ3n) is 3.99. The summed E-state index contributed by atoms with van der Waals surface area (Å²) in [7, 11) is 0. The molecule has 0 radical (unpaired) electrons. The smallest absolute Gasteiger partial charge is 0.123 e. The van der Waals surface area contributed by atoms with Crippen molar-refractivity contribution in [1.82, 2.24) is 0 Å². The normalized spacial score (nSPS) is 27.0. The van der Waals surface area contributed by atoms with E-state index < -0.39 is 0 Å². The molecule has 0 spiro atoms. The molecule has 88 valence electrons. The SMILES string of the molecule is Cc1ccc(F)cc1C(N)C1CCCC1C. The van der Waals surface area contributed by atoms with Gasteiger partial charge in [0.2, 0.25) is 0 Å². The van der Waals surface area contributed by atoms with Gasteiger partial charge in [-0.1, -0.05) is 25.8 Å². The molecule has 0 saturated heterocycles. The molecule has 0 aliphatic heterocycles. The van der Waals surface area contributed by atoms with Crippen LogP contribution in [0.25, 0.3) is 0 Å². The van der Waals surface area contributed by atoms with Crippen LogP contribution in [0.1, 0.15) is 43.4 Å². The van der Waals surface area contributed by atoms with Crippen molar-refractivity contribution in [2.75, 3.05) is 0 Å². The van der Waals surface area contributed by atoms with Crippen molar-refractivity contribution >= 4 is 0 Å². The number of hydrogen-bond acceptors (Lipinski definition) is 1. The van der Waals surface area contributed by atoms with Gasteiger partial charge >= 0.3 is 0 Å². The molecule has 3 atom stereocenters. The van der Waals surface area contributed by atoms with Gasteiger partial charge in [-0.2, -0.15) is 0 Å². The first-order chi connectivity index (χ1) is 7.59. The molecule has 2 rings (SSSR count). The number of hydrogen-bond donors (Lipinski definition) is 1. The van der Waals surface area contributed by atoms with E-state index in [9.17, 15) is 4.39 Å². The van der Waals surface area contributed by atoms with Gasteiger partial charge in [0.1, 0.15) is 5.82 Å². The summed E-state index contributed by atoms with van der Waals surface area (Å²) in [4.78, 5) is 0. The molecule has 0 bridgehead atoms. The zero-order chi connectivity index (χ0) is 11.7. The van der Waals surface area contributed by atoms with Gasteiger partial charge < -0.3 is 5.73 Å². The van der Waals surface area contributed by atoms with Gasteiger partial charge in [0.15, 0.2) is 0 Å². The van der Waals surface area contributed by atoms with Gasteiger partial charge in [-0.3, -0.25) is 0 Å². The van der Waals surface area contributed by atoms with E-state index in [-0.39, 0.29) is 11.9 Å². The summed E-state index contributed by atoms with van der Waals surface area (Å²) >= 11 is 0. The number of benzene rings is 1. The highest BCUT2D eigenvalue weighted by atomic mass is 19.1. The quantitative estimate of drug-likeness (QED) is 0.811. The third kappa shape index (κ3) is 2.12. The molecule has 1 saturated carbocycles. The van der Waals surface area contributed by atoms with Gasteiger partial charge in [0.25, 0.3) is 0 Å². The molecular weight excluding hydrogens is 201 g/mol. The maximum absolute atomic E-state index is 13.2. The first kappa shape index (κ1) is 11.6. The minimum absolute atomic E-state index is 0.00630. The predicted molar refractivity (Wildman–Crippen MR) is 64.6 cm³/mol. The fourth-order valence-corrected chi connectivity index (χ4v) is 2.91. The van der Waals surface area contributed by atoms with Gasteiger partial charge in [0.05, 0.1) is 0 Å². The maximum atomic E-state index is 13.2.